The van der Waals surface area contributed by atoms with E-state index in [4.69, 9.17) is 0 Å². The minimum absolute atomic E-state index is 0. The first-order valence-electron chi connectivity index (χ1n) is 11.2. The molecule has 0 amide bonds. The lowest BCUT2D eigenvalue weighted by molar-refractivity contribution is -0.00000615. The largest absolute Gasteiger partial charge is 1.00 e. The van der Waals surface area contributed by atoms with E-state index in [9.17, 15) is 0 Å². The lowest BCUT2D eigenvalue weighted by atomic mass is 10.2. The summed E-state index contributed by atoms with van der Waals surface area (Å²) in [6.07, 6.45) is 2.37. The summed E-state index contributed by atoms with van der Waals surface area (Å²) in [5.41, 5.74) is 1.37. The Morgan fingerprint density at radius 2 is 0.938 bits per heavy atom. The average Bonchev–Trinajstić information content (AvgIpc) is 2.85. The molecule has 4 aromatic carbocycles. The molecule has 164 valence electrons. The highest BCUT2D eigenvalue weighted by atomic mass is 79.9. The van der Waals surface area contributed by atoms with Gasteiger partial charge >= 0.3 is 0 Å². The van der Waals surface area contributed by atoms with Crippen molar-refractivity contribution in [1.29, 1.82) is 0 Å². The van der Waals surface area contributed by atoms with Crippen molar-refractivity contribution in [3.8, 4) is 0 Å². The van der Waals surface area contributed by atoms with Gasteiger partial charge in [-0.3, -0.25) is 0 Å². The molecule has 0 radical (unpaired) electrons. The first kappa shape index (κ1) is 24.4. The van der Waals surface area contributed by atoms with Crippen LogP contribution in [0.3, 0.4) is 0 Å². The number of halogens is 1. The molecule has 0 aliphatic rings. The van der Waals surface area contributed by atoms with Crippen LogP contribution in [0.4, 0.5) is 0 Å². The van der Waals surface area contributed by atoms with E-state index in [1.807, 2.05) is 0 Å². The number of rotatable bonds is 9. The van der Waals surface area contributed by atoms with Crippen LogP contribution in [0.25, 0.3) is 0 Å². The van der Waals surface area contributed by atoms with Crippen LogP contribution in [0.5, 0.6) is 0 Å². The third-order valence-electron chi connectivity index (χ3n) is 5.79. The number of hydrogen-bond donors (Lipinski definition) is 0. The molecule has 0 heterocycles. The SMILES string of the molecule is CCCCN(Cc1ccccc1)[P+](c1ccccc1)(c1ccccc1)c1ccccc1.[Br-]. The van der Waals surface area contributed by atoms with Crippen molar-refractivity contribution in [2.24, 2.45) is 0 Å². The maximum atomic E-state index is 2.78. The summed E-state index contributed by atoms with van der Waals surface area (Å²) in [7, 11) is -2.03. The summed E-state index contributed by atoms with van der Waals surface area (Å²) in [5, 5.41) is 4.25. The summed E-state index contributed by atoms with van der Waals surface area (Å²) < 4.78 is 2.78. The van der Waals surface area contributed by atoms with Crippen molar-refractivity contribution >= 4 is 23.3 Å². The Morgan fingerprint density at radius 1 is 0.562 bits per heavy atom. The van der Waals surface area contributed by atoms with Crippen LogP contribution in [-0.4, -0.2) is 11.2 Å². The fraction of sp³-hybridized carbons (Fsp3) is 0.172. The molecule has 0 aliphatic heterocycles. The fourth-order valence-corrected chi connectivity index (χ4v) is 8.84. The molecule has 0 unspecified atom stereocenters. The van der Waals surface area contributed by atoms with Crippen molar-refractivity contribution in [2.45, 2.75) is 26.3 Å². The van der Waals surface area contributed by atoms with Crippen LogP contribution < -0.4 is 32.9 Å². The van der Waals surface area contributed by atoms with E-state index in [-0.39, 0.29) is 17.0 Å². The Kier molecular flexibility index (Phi) is 9.23. The number of nitrogens with zero attached hydrogens (tertiary/aromatic N) is 1. The molecule has 4 aromatic rings. The third kappa shape index (κ3) is 5.21. The van der Waals surface area contributed by atoms with Crippen molar-refractivity contribution < 1.29 is 17.0 Å². The van der Waals surface area contributed by atoms with Crippen LogP contribution in [0.2, 0.25) is 0 Å². The molecule has 0 N–H and O–H groups in total. The van der Waals surface area contributed by atoms with Gasteiger partial charge in [-0.05, 0) is 48.4 Å². The minimum atomic E-state index is -2.03. The van der Waals surface area contributed by atoms with E-state index in [2.05, 4.69) is 133 Å². The first-order valence-corrected chi connectivity index (χ1v) is 12.9. The zero-order valence-electron chi connectivity index (χ0n) is 18.6. The summed E-state index contributed by atoms with van der Waals surface area (Å²) in [5.74, 6) is 0. The topological polar surface area (TPSA) is 3.24 Å². The van der Waals surface area contributed by atoms with Gasteiger partial charge in [0, 0.05) is 6.54 Å². The highest BCUT2D eigenvalue weighted by molar-refractivity contribution is 7.93. The number of hydrogen-bond acceptors (Lipinski definition) is 1. The monoisotopic (exact) mass is 503 g/mol. The van der Waals surface area contributed by atoms with E-state index in [0.717, 1.165) is 13.1 Å². The maximum Gasteiger partial charge on any atom is 0.181 e. The molecular weight excluding hydrogens is 473 g/mol. The smallest absolute Gasteiger partial charge is 0.181 e. The Labute approximate surface area is 204 Å². The summed E-state index contributed by atoms with van der Waals surface area (Å²) >= 11 is 0. The van der Waals surface area contributed by atoms with E-state index >= 15 is 0 Å². The van der Waals surface area contributed by atoms with Gasteiger partial charge in [0.05, 0.1) is 6.54 Å². The first-order chi connectivity index (χ1) is 15.4. The predicted octanol–water partition coefficient (Wildman–Crippen LogP) is 3.20. The molecule has 32 heavy (non-hydrogen) atoms. The highest BCUT2D eigenvalue weighted by Crippen LogP contribution is 2.59. The average molecular weight is 504 g/mol. The van der Waals surface area contributed by atoms with Gasteiger partial charge < -0.3 is 17.0 Å². The lowest BCUT2D eigenvalue weighted by Crippen LogP contribution is -3.00. The minimum Gasteiger partial charge on any atom is -1.00 e. The van der Waals surface area contributed by atoms with Gasteiger partial charge in [-0.15, -0.1) is 0 Å². The molecule has 0 fully saturated rings. The Bertz CT molecular complexity index is 943. The number of benzene rings is 4. The molecule has 1 nitrogen and oxygen atoms in total. The van der Waals surface area contributed by atoms with Gasteiger partial charge in [-0.25, -0.2) is 0 Å². The van der Waals surface area contributed by atoms with Crippen molar-refractivity contribution in [3.05, 3.63) is 127 Å². The molecule has 0 saturated carbocycles. The normalized spacial score (nSPS) is 11.2. The van der Waals surface area contributed by atoms with Gasteiger partial charge in [-0.1, -0.05) is 98.3 Å². The van der Waals surface area contributed by atoms with Crippen molar-refractivity contribution in [1.82, 2.24) is 4.67 Å². The highest BCUT2D eigenvalue weighted by Gasteiger charge is 2.51. The molecule has 0 aromatic heterocycles. The zero-order valence-corrected chi connectivity index (χ0v) is 21.1. The Balaban J connectivity index is 0.00000289. The quantitative estimate of drug-likeness (QED) is 0.317. The van der Waals surface area contributed by atoms with E-state index in [1.165, 1.54) is 34.3 Å². The molecule has 0 atom stereocenters. The van der Waals surface area contributed by atoms with Gasteiger partial charge in [0.15, 0.2) is 7.41 Å². The van der Waals surface area contributed by atoms with E-state index in [0.29, 0.717) is 0 Å². The van der Waals surface area contributed by atoms with Crippen molar-refractivity contribution in [2.75, 3.05) is 6.54 Å². The molecule has 0 saturated heterocycles. The van der Waals surface area contributed by atoms with Gasteiger partial charge in [-0.2, -0.15) is 4.67 Å². The molecular formula is C29H31BrNP. The van der Waals surface area contributed by atoms with Crippen molar-refractivity contribution in [3.63, 3.8) is 0 Å². The predicted molar refractivity (Wildman–Crippen MR) is 137 cm³/mol. The molecule has 3 heteroatoms. The summed E-state index contributed by atoms with van der Waals surface area (Å²) in [4.78, 5) is 0. The van der Waals surface area contributed by atoms with Gasteiger partial charge in [0.1, 0.15) is 15.9 Å². The second kappa shape index (κ2) is 12.1. The zero-order chi connectivity index (χ0) is 21.4. The van der Waals surface area contributed by atoms with E-state index in [1.54, 1.807) is 0 Å². The third-order valence-corrected chi connectivity index (χ3v) is 10.1. The molecule has 0 bridgehead atoms. The van der Waals surface area contributed by atoms with Gasteiger partial charge in [0.25, 0.3) is 0 Å². The fourth-order valence-electron chi connectivity index (χ4n) is 4.34. The Morgan fingerprint density at radius 3 is 1.31 bits per heavy atom. The molecule has 0 spiro atoms. The van der Waals surface area contributed by atoms with Crippen LogP contribution in [-0.2, 0) is 6.54 Å². The lowest BCUT2D eigenvalue weighted by Gasteiger charge is -2.37. The second-order valence-corrected chi connectivity index (χ2v) is 11.3. The van der Waals surface area contributed by atoms with Crippen LogP contribution >= 0.6 is 7.41 Å². The number of unbranched alkanes of at least 4 members (excludes halogenated alkanes) is 1. The maximum absolute atomic E-state index is 2.78. The molecule has 4 rings (SSSR count). The summed E-state index contributed by atoms with van der Waals surface area (Å²) in [6.45, 7) is 4.29. The standard InChI is InChI=1S/C29H31NP.BrH/c1-2-3-24-30(25-26-16-8-4-9-17-26)31(27-18-10-5-11-19-27,28-20-12-6-13-21-28)29-22-14-7-15-23-29;/h4-23H,2-3,24-25H2,1H3;1H/q+1;/p-1. The van der Waals surface area contributed by atoms with Crippen LogP contribution in [0.1, 0.15) is 25.3 Å². The van der Waals surface area contributed by atoms with Crippen LogP contribution in [0.15, 0.2) is 121 Å². The second-order valence-electron chi connectivity index (χ2n) is 7.87. The van der Waals surface area contributed by atoms with Gasteiger partial charge in [0.2, 0.25) is 0 Å². The molecule has 0 aliphatic carbocycles. The summed E-state index contributed by atoms with van der Waals surface area (Å²) in [6, 6.07) is 44.4. The van der Waals surface area contributed by atoms with E-state index < -0.39 is 7.41 Å². The Hall–Kier alpha value is -2.25. The van der Waals surface area contributed by atoms with Crippen LogP contribution in [0, 0.1) is 0 Å².